The average molecular weight is 265 g/mol. The van der Waals surface area contributed by atoms with E-state index < -0.39 is 34.6 Å². The van der Waals surface area contributed by atoms with Crippen molar-refractivity contribution < 1.29 is 19.4 Å². The van der Waals surface area contributed by atoms with Gasteiger partial charge >= 0.3 is 5.97 Å². The van der Waals surface area contributed by atoms with E-state index in [2.05, 4.69) is 10.5 Å². The number of aromatic carboxylic acids is 1. The van der Waals surface area contributed by atoms with Gasteiger partial charge in [0, 0.05) is 6.07 Å². The first-order chi connectivity index (χ1) is 8.86. The van der Waals surface area contributed by atoms with Gasteiger partial charge in [0.25, 0.3) is 0 Å². The number of carbonyl (C=O) groups is 1. The zero-order valence-corrected chi connectivity index (χ0v) is 9.31. The van der Waals surface area contributed by atoms with Crippen LogP contribution in [-0.4, -0.2) is 27.7 Å². The number of amidine groups is 1. The van der Waals surface area contributed by atoms with E-state index in [1.807, 2.05) is 0 Å². The molecule has 0 bridgehead atoms. The highest BCUT2D eigenvalue weighted by molar-refractivity contribution is 6.45. The van der Waals surface area contributed by atoms with E-state index in [1.54, 1.807) is 0 Å². The molecule has 0 amide bonds. The maximum absolute atomic E-state index is 13.2. The van der Waals surface area contributed by atoms with Crippen LogP contribution in [0.4, 0.5) is 10.1 Å². The molecule has 1 aromatic rings. The van der Waals surface area contributed by atoms with Crippen molar-refractivity contribution in [1.82, 2.24) is 0 Å². The molecule has 8 nitrogen and oxygen atoms in total. The van der Waals surface area contributed by atoms with Gasteiger partial charge in [-0.05, 0) is 6.07 Å². The Bertz CT molecular complexity index is 620. The van der Waals surface area contributed by atoms with Gasteiger partial charge in [0.15, 0.2) is 5.84 Å². The van der Waals surface area contributed by atoms with Crippen molar-refractivity contribution in [3.8, 4) is 11.8 Å². The summed E-state index contributed by atoms with van der Waals surface area (Å²) in [5.41, 5.74) is 5.76. The number of carboxylic acids is 1. The highest BCUT2D eigenvalue weighted by atomic mass is 19.1. The van der Waals surface area contributed by atoms with Crippen molar-refractivity contribution in [2.24, 2.45) is 10.8 Å². The Balaban J connectivity index is 3.16. The molecule has 0 saturated carbocycles. The van der Waals surface area contributed by atoms with Crippen LogP contribution in [0.3, 0.4) is 0 Å². The number of nitrogens with one attached hydrogen (secondary N) is 2. The fraction of sp³-hybridized carbons (Fsp3) is 0. The molecular formula is C10H8FN5O3. The van der Waals surface area contributed by atoms with Crippen LogP contribution in [0.5, 0.6) is 5.75 Å². The number of benzene rings is 1. The van der Waals surface area contributed by atoms with Crippen molar-refractivity contribution in [1.29, 1.82) is 10.7 Å². The van der Waals surface area contributed by atoms with Crippen LogP contribution in [0.15, 0.2) is 17.2 Å². The number of hydrogen-bond donors (Lipinski definition) is 5. The number of phenols is 1. The van der Waals surface area contributed by atoms with E-state index in [0.29, 0.717) is 6.07 Å². The van der Waals surface area contributed by atoms with E-state index in [1.165, 1.54) is 6.07 Å². The topological polar surface area (TPSA) is 156 Å². The maximum atomic E-state index is 13.2. The number of nitrogens with zero attached hydrogens (tertiary/aromatic N) is 2. The monoisotopic (exact) mass is 265 g/mol. The Morgan fingerprint density at radius 3 is 2.68 bits per heavy atom. The SMILES string of the molecule is N#C/C(=N\Nc1cc(C(=O)O)c(F)cc1O)C(=N)N. The molecule has 0 fully saturated rings. The van der Waals surface area contributed by atoms with Gasteiger partial charge in [-0.2, -0.15) is 10.4 Å². The van der Waals surface area contributed by atoms with Crippen molar-refractivity contribution in [3.63, 3.8) is 0 Å². The summed E-state index contributed by atoms with van der Waals surface area (Å²) < 4.78 is 13.2. The normalized spacial score (nSPS) is 10.6. The summed E-state index contributed by atoms with van der Waals surface area (Å²) >= 11 is 0. The van der Waals surface area contributed by atoms with E-state index in [9.17, 15) is 14.3 Å². The van der Waals surface area contributed by atoms with Crippen LogP contribution in [0.1, 0.15) is 10.4 Å². The molecular weight excluding hydrogens is 257 g/mol. The van der Waals surface area contributed by atoms with Gasteiger partial charge in [0.2, 0.25) is 5.71 Å². The van der Waals surface area contributed by atoms with Crippen molar-refractivity contribution >= 4 is 23.2 Å². The minimum Gasteiger partial charge on any atom is -0.506 e. The lowest BCUT2D eigenvalue weighted by molar-refractivity contribution is 0.0692. The average Bonchev–Trinajstić information content (AvgIpc) is 2.31. The maximum Gasteiger partial charge on any atom is 0.338 e. The van der Waals surface area contributed by atoms with Gasteiger partial charge < -0.3 is 15.9 Å². The molecule has 1 rings (SSSR count). The fourth-order valence-electron chi connectivity index (χ4n) is 1.08. The number of hydrogen-bond acceptors (Lipinski definition) is 6. The van der Waals surface area contributed by atoms with Crippen LogP contribution in [0, 0.1) is 22.6 Å². The number of phenolic OH excluding ortho intramolecular Hbond substituents is 1. The molecule has 0 spiro atoms. The van der Waals surface area contributed by atoms with Gasteiger partial charge in [0.05, 0.1) is 11.3 Å². The molecule has 0 heterocycles. The summed E-state index contributed by atoms with van der Waals surface area (Å²) in [5, 5.41) is 37.0. The minimum atomic E-state index is -1.53. The number of aromatic hydroxyl groups is 1. The standard InChI is InChI=1S/C10H8FN5O3/c11-5-2-8(17)6(1-4(5)10(18)19)15-16-7(3-12)9(13)14/h1-2,15,17H,(H3,13,14)(H,18,19)/b16-7+. The Morgan fingerprint density at radius 1 is 1.58 bits per heavy atom. The fourth-order valence-corrected chi connectivity index (χ4v) is 1.08. The van der Waals surface area contributed by atoms with Gasteiger partial charge in [-0.1, -0.05) is 0 Å². The summed E-state index contributed by atoms with van der Waals surface area (Å²) in [6, 6.07) is 2.89. The molecule has 6 N–H and O–H groups in total. The second-order valence-electron chi connectivity index (χ2n) is 3.25. The molecule has 0 saturated heterocycles. The highest BCUT2D eigenvalue weighted by Crippen LogP contribution is 2.26. The van der Waals surface area contributed by atoms with Crippen LogP contribution >= 0.6 is 0 Å². The summed E-state index contributed by atoms with van der Waals surface area (Å²) in [5.74, 6) is -3.87. The summed E-state index contributed by atoms with van der Waals surface area (Å²) in [4.78, 5) is 10.7. The number of nitrogens with two attached hydrogens (primary N) is 1. The molecule has 0 aliphatic rings. The van der Waals surface area contributed by atoms with Crippen LogP contribution in [0.25, 0.3) is 0 Å². The molecule has 0 radical (unpaired) electrons. The van der Waals surface area contributed by atoms with E-state index in [-0.39, 0.29) is 5.69 Å². The first-order valence-corrected chi connectivity index (χ1v) is 4.70. The summed E-state index contributed by atoms with van der Waals surface area (Å²) in [6.07, 6.45) is 0. The summed E-state index contributed by atoms with van der Waals surface area (Å²) in [6.45, 7) is 0. The number of anilines is 1. The molecule has 0 aliphatic carbocycles. The minimum absolute atomic E-state index is 0.243. The van der Waals surface area contributed by atoms with E-state index in [0.717, 1.165) is 6.07 Å². The zero-order valence-electron chi connectivity index (χ0n) is 9.31. The molecule has 0 unspecified atom stereocenters. The number of hydrazone groups is 1. The molecule has 9 heteroatoms. The number of halogens is 1. The Kier molecular flexibility index (Phi) is 4.00. The quantitative estimate of drug-likeness (QED) is 0.230. The lowest BCUT2D eigenvalue weighted by atomic mass is 10.2. The number of carboxylic acid groups (broad SMARTS) is 1. The van der Waals surface area contributed by atoms with Crippen molar-refractivity contribution in [3.05, 3.63) is 23.5 Å². The first-order valence-electron chi connectivity index (χ1n) is 4.70. The van der Waals surface area contributed by atoms with E-state index in [4.69, 9.17) is 21.5 Å². The smallest absolute Gasteiger partial charge is 0.338 e. The first kappa shape index (κ1) is 13.9. The molecule has 19 heavy (non-hydrogen) atoms. The van der Waals surface area contributed by atoms with Crippen LogP contribution in [0.2, 0.25) is 0 Å². The molecule has 0 atom stereocenters. The van der Waals surface area contributed by atoms with Gasteiger partial charge in [-0.3, -0.25) is 10.8 Å². The highest BCUT2D eigenvalue weighted by Gasteiger charge is 2.14. The predicted molar refractivity (Wildman–Crippen MR) is 63.6 cm³/mol. The largest absolute Gasteiger partial charge is 0.506 e. The predicted octanol–water partition coefficient (Wildman–Crippen LogP) is 0.457. The van der Waals surface area contributed by atoms with Crippen molar-refractivity contribution in [2.75, 3.05) is 5.43 Å². The third-order valence-electron chi connectivity index (χ3n) is 1.96. The Morgan fingerprint density at radius 2 is 2.21 bits per heavy atom. The molecule has 0 aliphatic heterocycles. The van der Waals surface area contributed by atoms with Crippen LogP contribution < -0.4 is 11.2 Å². The second kappa shape index (κ2) is 5.46. The van der Waals surface area contributed by atoms with Gasteiger partial charge in [-0.15, -0.1) is 0 Å². The van der Waals surface area contributed by atoms with Crippen molar-refractivity contribution in [2.45, 2.75) is 0 Å². The Labute approximate surface area is 106 Å². The second-order valence-corrected chi connectivity index (χ2v) is 3.25. The van der Waals surface area contributed by atoms with Crippen LogP contribution in [-0.2, 0) is 0 Å². The third kappa shape index (κ3) is 3.16. The number of nitriles is 1. The number of rotatable bonds is 4. The van der Waals surface area contributed by atoms with Gasteiger partial charge in [0.1, 0.15) is 17.6 Å². The molecule has 1 aromatic carbocycles. The summed E-state index contributed by atoms with van der Waals surface area (Å²) in [7, 11) is 0. The van der Waals surface area contributed by atoms with Gasteiger partial charge in [-0.25, -0.2) is 9.18 Å². The third-order valence-corrected chi connectivity index (χ3v) is 1.96. The molecule has 98 valence electrons. The Hall–Kier alpha value is -3.15. The lowest BCUT2D eigenvalue weighted by Gasteiger charge is -2.06. The van der Waals surface area contributed by atoms with E-state index >= 15 is 0 Å². The molecule has 0 aromatic heterocycles. The zero-order chi connectivity index (χ0) is 14.6. The lowest BCUT2D eigenvalue weighted by Crippen LogP contribution is -2.21.